The number of nitrogens with one attached hydrogen (secondary N) is 1. The maximum atomic E-state index is 13.1. The molecule has 8 heteroatoms. The minimum absolute atomic E-state index is 0.00676. The Morgan fingerprint density at radius 1 is 0.966 bits per heavy atom. The summed E-state index contributed by atoms with van der Waals surface area (Å²) < 4.78 is 27.7. The van der Waals surface area contributed by atoms with E-state index < -0.39 is 10.0 Å². The fraction of sp³-hybridized carbons (Fsp3) is 0.619. The maximum absolute atomic E-state index is 13.1. The third-order valence-electron chi connectivity index (χ3n) is 6.20. The highest BCUT2D eigenvalue weighted by Gasteiger charge is 2.33. The second kappa shape index (κ2) is 8.07. The first-order valence-corrected chi connectivity index (χ1v) is 12.0. The first-order chi connectivity index (χ1) is 13.8. The summed E-state index contributed by atoms with van der Waals surface area (Å²) in [5, 5.41) is 0. The van der Waals surface area contributed by atoms with Crippen LogP contribution in [0.3, 0.4) is 0 Å². The van der Waals surface area contributed by atoms with E-state index in [9.17, 15) is 18.0 Å². The summed E-state index contributed by atoms with van der Waals surface area (Å²) >= 11 is 0. The van der Waals surface area contributed by atoms with Crippen molar-refractivity contribution < 1.29 is 18.0 Å². The van der Waals surface area contributed by atoms with Crippen molar-refractivity contribution in [3.8, 4) is 0 Å². The number of piperidine rings is 1. The predicted molar refractivity (Wildman–Crippen MR) is 109 cm³/mol. The summed E-state index contributed by atoms with van der Waals surface area (Å²) in [6.45, 7) is 4.59. The van der Waals surface area contributed by atoms with Gasteiger partial charge in [-0.15, -0.1) is 0 Å². The predicted octanol–water partition coefficient (Wildman–Crippen LogP) is 1.91. The van der Waals surface area contributed by atoms with Crippen LogP contribution < -0.4 is 4.72 Å². The van der Waals surface area contributed by atoms with Crippen LogP contribution in [-0.2, 0) is 14.8 Å². The molecule has 1 saturated carbocycles. The number of nitrogens with zero attached hydrogens (tertiary/aromatic N) is 2. The van der Waals surface area contributed by atoms with Gasteiger partial charge in [0, 0.05) is 43.7 Å². The van der Waals surface area contributed by atoms with E-state index in [1.807, 2.05) is 11.8 Å². The van der Waals surface area contributed by atoms with Crippen molar-refractivity contribution in [3.63, 3.8) is 0 Å². The zero-order valence-corrected chi connectivity index (χ0v) is 17.7. The molecule has 7 nitrogen and oxygen atoms in total. The lowest BCUT2D eigenvalue weighted by atomic mass is 9.94. The van der Waals surface area contributed by atoms with Crippen LogP contribution in [0.1, 0.15) is 54.4 Å². The smallest absolute Gasteiger partial charge is 0.254 e. The van der Waals surface area contributed by atoms with Crippen molar-refractivity contribution in [3.05, 3.63) is 29.3 Å². The average molecular weight is 420 g/mol. The summed E-state index contributed by atoms with van der Waals surface area (Å²) in [7, 11) is -3.60. The maximum Gasteiger partial charge on any atom is 0.254 e. The number of benzene rings is 1. The van der Waals surface area contributed by atoms with E-state index >= 15 is 0 Å². The van der Waals surface area contributed by atoms with Crippen molar-refractivity contribution >= 4 is 21.8 Å². The lowest BCUT2D eigenvalue weighted by molar-refractivity contribution is -0.135. The quantitative estimate of drug-likeness (QED) is 0.790. The number of carbonyl (C=O) groups is 2. The fourth-order valence-corrected chi connectivity index (χ4v) is 5.51. The zero-order valence-electron chi connectivity index (χ0n) is 16.9. The Labute approximate surface area is 172 Å². The Kier molecular flexibility index (Phi) is 5.66. The van der Waals surface area contributed by atoms with E-state index in [0.717, 1.165) is 44.3 Å². The van der Waals surface area contributed by atoms with Gasteiger partial charge in [-0.1, -0.05) is 6.07 Å². The average Bonchev–Trinajstić information content (AvgIpc) is 3.34. The summed E-state index contributed by atoms with van der Waals surface area (Å²) in [6, 6.07) is 4.76. The molecule has 0 aromatic heterocycles. The van der Waals surface area contributed by atoms with Gasteiger partial charge in [0.05, 0.1) is 4.90 Å². The summed E-state index contributed by atoms with van der Waals surface area (Å²) in [5.74, 6) is 0.0655. The first kappa shape index (κ1) is 20.3. The zero-order chi connectivity index (χ0) is 20.6. The van der Waals surface area contributed by atoms with Gasteiger partial charge in [0.25, 0.3) is 5.91 Å². The van der Waals surface area contributed by atoms with Crippen LogP contribution in [0.2, 0.25) is 0 Å². The lowest BCUT2D eigenvalue weighted by Crippen LogP contribution is -2.44. The van der Waals surface area contributed by atoms with Gasteiger partial charge in [0.15, 0.2) is 0 Å². The minimum Gasteiger partial charge on any atom is -0.342 e. The van der Waals surface area contributed by atoms with Gasteiger partial charge < -0.3 is 9.80 Å². The number of aryl methyl sites for hydroxylation is 1. The van der Waals surface area contributed by atoms with E-state index in [1.165, 1.54) is 6.07 Å². The summed E-state index contributed by atoms with van der Waals surface area (Å²) in [4.78, 5) is 29.5. The first-order valence-electron chi connectivity index (χ1n) is 10.6. The van der Waals surface area contributed by atoms with Crippen molar-refractivity contribution in [1.29, 1.82) is 0 Å². The molecule has 0 bridgehead atoms. The minimum atomic E-state index is -3.60. The number of rotatable bonds is 5. The van der Waals surface area contributed by atoms with E-state index in [2.05, 4.69) is 4.72 Å². The Hall–Kier alpha value is -1.93. The van der Waals surface area contributed by atoms with Crippen LogP contribution >= 0.6 is 0 Å². The van der Waals surface area contributed by atoms with Gasteiger partial charge >= 0.3 is 0 Å². The molecule has 158 valence electrons. The van der Waals surface area contributed by atoms with E-state index in [0.29, 0.717) is 31.5 Å². The van der Waals surface area contributed by atoms with Gasteiger partial charge in [0.2, 0.25) is 15.9 Å². The largest absolute Gasteiger partial charge is 0.342 e. The number of sulfonamides is 1. The van der Waals surface area contributed by atoms with Crippen molar-refractivity contribution in [2.24, 2.45) is 5.92 Å². The van der Waals surface area contributed by atoms with E-state index in [4.69, 9.17) is 0 Å². The molecule has 0 atom stereocenters. The number of hydrogen-bond acceptors (Lipinski definition) is 4. The van der Waals surface area contributed by atoms with E-state index in [1.54, 1.807) is 17.0 Å². The molecule has 2 aliphatic heterocycles. The molecule has 0 spiro atoms. The van der Waals surface area contributed by atoms with Crippen molar-refractivity contribution in [1.82, 2.24) is 14.5 Å². The Morgan fingerprint density at radius 2 is 1.62 bits per heavy atom. The third-order valence-corrected chi connectivity index (χ3v) is 7.72. The molecular formula is C21H29N3O4S. The Balaban J connectivity index is 1.43. The SMILES string of the molecule is Cc1ccc(S(=O)(=O)NC2CC2)cc1C(=O)N1CCC(C(=O)N2CCCC2)CC1. The molecule has 0 radical (unpaired) electrons. The third kappa shape index (κ3) is 4.48. The summed E-state index contributed by atoms with van der Waals surface area (Å²) in [6.07, 6.45) is 5.22. The molecule has 0 unspecified atom stereocenters. The molecule has 2 heterocycles. The van der Waals surface area contributed by atoms with Crippen LogP contribution in [0, 0.1) is 12.8 Å². The molecule has 1 aliphatic carbocycles. The number of carbonyl (C=O) groups excluding carboxylic acids is 2. The molecule has 4 rings (SSSR count). The Morgan fingerprint density at radius 3 is 2.24 bits per heavy atom. The molecule has 1 N–H and O–H groups in total. The van der Waals surface area contributed by atoms with Gasteiger partial charge in [0.1, 0.15) is 0 Å². The highest BCUT2D eigenvalue weighted by Crippen LogP contribution is 2.26. The topological polar surface area (TPSA) is 86.8 Å². The standard InChI is InChI=1S/C21H29N3O4S/c1-15-4-7-18(29(27,28)22-17-5-6-17)14-19(15)21(26)24-12-8-16(9-13-24)20(25)23-10-2-3-11-23/h4,7,14,16-17,22H,2-3,5-6,8-13H2,1H3. The molecule has 1 aromatic rings. The highest BCUT2D eigenvalue weighted by molar-refractivity contribution is 7.89. The normalized spacial score (nSPS) is 20.9. The van der Waals surface area contributed by atoms with E-state index in [-0.39, 0.29) is 28.7 Å². The van der Waals surface area contributed by atoms with Crippen molar-refractivity contribution in [2.45, 2.75) is 56.4 Å². The number of hydrogen-bond donors (Lipinski definition) is 1. The number of likely N-dealkylation sites (tertiary alicyclic amines) is 2. The molecule has 3 fully saturated rings. The van der Waals surface area contributed by atoms with Crippen LogP contribution in [0.15, 0.2) is 23.1 Å². The van der Waals surface area contributed by atoms with Gasteiger partial charge in [-0.05, 0) is 63.1 Å². The fourth-order valence-electron chi connectivity index (χ4n) is 4.18. The van der Waals surface area contributed by atoms with Gasteiger partial charge in [-0.25, -0.2) is 13.1 Å². The molecular weight excluding hydrogens is 390 g/mol. The monoisotopic (exact) mass is 419 g/mol. The van der Waals surface area contributed by atoms with Crippen LogP contribution in [-0.4, -0.2) is 62.3 Å². The van der Waals surface area contributed by atoms with Crippen LogP contribution in [0.5, 0.6) is 0 Å². The molecule has 2 amide bonds. The highest BCUT2D eigenvalue weighted by atomic mass is 32.2. The summed E-state index contributed by atoms with van der Waals surface area (Å²) in [5.41, 5.74) is 1.18. The van der Waals surface area contributed by atoms with Crippen molar-refractivity contribution in [2.75, 3.05) is 26.2 Å². The van der Waals surface area contributed by atoms with Gasteiger partial charge in [-0.2, -0.15) is 0 Å². The second-order valence-corrected chi connectivity index (χ2v) is 10.2. The molecule has 1 aromatic carbocycles. The van der Waals surface area contributed by atoms with Crippen LogP contribution in [0.25, 0.3) is 0 Å². The molecule has 29 heavy (non-hydrogen) atoms. The van der Waals surface area contributed by atoms with Gasteiger partial charge in [-0.3, -0.25) is 9.59 Å². The molecule has 2 saturated heterocycles. The van der Waals surface area contributed by atoms with Crippen LogP contribution in [0.4, 0.5) is 0 Å². The molecule has 3 aliphatic rings. The number of amides is 2. The second-order valence-electron chi connectivity index (χ2n) is 8.47. The Bertz CT molecular complexity index is 897. The lowest BCUT2D eigenvalue weighted by Gasteiger charge is -2.33.